The highest BCUT2D eigenvalue weighted by atomic mass is 35.5. The Hall–Kier alpha value is -2.56. The average molecular weight is 370 g/mol. The molecule has 134 valence electrons. The molecule has 2 aromatic carbocycles. The minimum atomic E-state index is -0.103. The first-order chi connectivity index (χ1) is 12.6. The van der Waals surface area contributed by atoms with Gasteiger partial charge >= 0.3 is 0 Å². The first-order valence-electron chi connectivity index (χ1n) is 8.60. The maximum absolute atomic E-state index is 12.4. The lowest BCUT2D eigenvalue weighted by atomic mass is 10.0. The van der Waals surface area contributed by atoms with Gasteiger partial charge < -0.3 is 15.1 Å². The van der Waals surface area contributed by atoms with E-state index in [-0.39, 0.29) is 18.0 Å². The van der Waals surface area contributed by atoms with Crippen LogP contribution in [0, 0.1) is 0 Å². The average Bonchev–Trinajstić information content (AvgIpc) is 3.17. The fraction of sp³-hybridized carbons (Fsp3) is 0.190. The Bertz CT molecular complexity index is 834. The van der Waals surface area contributed by atoms with Gasteiger partial charge in [0.25, 0.3) is 5.91 Å². The number of halogens is 1. The summed E-state index contributed by atoms with van der Waals surface area (Å²) in [6.45, 7) is 2.25. The van der Waals surface area contributed by atoms with Crippen LogP contribution >= 0.6 is 11.6 Å². The summed E-state index contributed by atoms with van der Waals surface area (Å²) in [6.07, 6.45) is 1.65. The Morgan fingerprint density at radius 1 is 1.08 bits per heavy atom. The molecule has 0 saturated heterocycles. The van der Waals surface area contributed by atoms with Crippen molar-refractivity contribution in [1.29, 1.82) is 0 Å². The number of furan rings is 1. The number of hydrogen-bond donors (Lipinski definition) is 2. The van der Waals surface area contributed by atoms with E-state index in [0.717, 1.165) is 16.9 Å². The van der Waals surface area contributed by atoms with E-state index in [0.29, 0.717) is 11.6 Å². The number of hydrogen-bond acceptors (Lipinski definition) is 2. The molecule has 1 heterocycles. The third-order valence-electron chi connectivity index (χ3n) is 4.27. The maximum atomic E-state index is 12.4. The molecule has 1 aromatic heterocycles. The lowest BCUT2D eigenvalue weighted by molar-refractivity contribution is -0.678. The summed E-state index contributed by atoms with van der Waals surface area (Å²) in [4.78, 5) is 12.4. The van der Waals surface area contributed by atoms with Gasteiger partial charge in [0.1, 0.15) is 0 Å². The molecule has 0 fully saturated rings. The molecule has 0 aliphatic heterocycles. The molecule has 0 aliphatic rings. The van der Waals surface area contributed by atoms with Crippen LogP contribution in [0.15, 0.2) is 77.4 Å². The van der Waals surface area contributed by atoms with Gasteiger partial charge in [-0.05, 0) is 36.8 Å². The van der Waals surface area contributed by atoms with Gasteiger partial charge in [-0.25, -0.2) is 0 Å². The maximum Gasteiger partial charge on any atom is 0.275 e. The Labute approximate surface area is 158 Å². The highest BCUT2D eigenvalue weighted by Gasteiger charge is 2.22. The SMILES string of the molecule is C[C@@H](NC(=O)C[NH2+][C@H](c1ccccc1)c1ccco1)c1cccc(Cl)c1. The van der Waals surface area contributed by atoms with E-state index in [1.807, 2.05) is 79.0 Å². The van der Waals surface area contributed by atoms with Crippen molar-refractivity contribution in [3.63, 3.8) is 0 Å². The molecule has 4 nitrogen and oxygen atoms in total. The van der Waals surface area contributed by atoms with E-state index >= 15 is 0 Å². The van der Waals surface area contributed by atoms with Crippen molar-refractivity contribution in [1.82, 2.24) is 5.32 Å². The zero-order valence-electron chi connectivity index (χ0n) is 14.6. The fourth-order valence-electron chi connectivity index (χ4n) is 2.93. The van der Waals surface area contributed by atoms with Crippen molar-refractivity contribution in [2.75, 3.05) is 6.54 Å². The summed E-state index contributed by atoms with van der Waals surface area (Å²) in [5, 5.41) is 5.66. The summed E-state index contributed by atoms with van der Waals surface area (Å²) in [5.74, 6) is 0.789. The monoisotopic (exact) mass is 369 g/mol. The predicted octanol–water partition coefficient (Wildman–Crippen LogP) is 3.46. The van der Waals surface area contributed by atoms with E-state index in [1.54, 1.807) is 6.26 Å². The van der Waals surface area contributed by atoms with E-state index in [9.17, 15) is 4.79 Å². The molecule has 0 spiro atoms. The first-order valence-corrected chi connectivity index (χ1v) is 8.98. The second-order valence-electron chi connectivity index (χ2n) is 6.19. The number of rotatable bonds is 7. The quantitative estimate of drug-likeness (QED) is 0.670. The standard InChI is InChI=1S/C21H21ClN2O2/c1-15(17-9-5-10-18(22)13-17)24-20(25)14-23-21(19-11-6-12-26-19)16-7-3-2-4-8-16/h2-13,15,21,23H,14H2,1H3,(H,24,25)/p+1/t15-,21-/m1/s1. The van der Waals surface area contributed by atoms with E-state index in [1.165, 1.54) is 0 Å². The molecule has 3 N–H and O–H groups in total. The van der Waals surface area contributed by atoms with Crippen LogP contribution in [0.1, 0.15) is 35.9 Å². The topological polar surface area (TPSA) is 58.9 Å². The van der Waals surface area contributed by atoms with Gasteiger partial charge in [-0.15, -0.1) is 0 Å². The van der Waals surface area contributed by atoms with Crippen LogP contribution in [-0.4, -0.2) is 12.5 Å². The molecular weight excluding hydrogens is 348 g/mol. The van der Waals surface area contributed by atoms with Crippen LogP contribution in [0.2, 0.25) is 5.02 Å². The zero-order chi connectivity index (χ0) is 18.4. The molecule has 0 aliphatic carbocycles. The second-order valence-corrected chi connectivity index (χ2v) is 6.62. The van der Waals surface area contributed by atoms with Crippen LogP contribution in [0.3, 0.4) is 0 Å². The molecule has 1 amide bonds. The van der Waals surface area contributed by atoms with Crippen molar-refractivity contribution >= 4 is 17.5 Å². The van der Waals surface area contributed by atoms with Crippen LogP contribution in [0.5, 0.6) is 0 Å². The molecule has 2 atom stereocenters. The van der Waals surface area contributed by atoms with Gasteiger partial charge in [0.15, 0.2) is 18.3 Å². The molecular formula is C21H22ClN2O2+. The smallest absolute Gasteiger partial charge is 0.275 e. The van der Waals surface area contributed by atoms with Crippen LogP contribution in [0.25, 0.3) is 0 Å². The van der Waals surface area contributed by atoms with Gasteiger partial charge in [0.2, 0.25) is 0 Å². The number of carbonyl (C=O) groups is 1. The van der Waals surface area contributed by atoms with Crippen molar-refractivity contribution in [2.45, 2.75) is 19.0 Å². The van der Waals surface area contributed by atoms with Gasteiger partial charge in [-0.1, -0.05) is 54.1 Å². The Morgan fingerprint density at radius 2 is 1.85 bits per heavy atom. The summed E-state index contributed by atoms with van der Waals surface area (Å²) in [7, 11) is 0. The van der Waals surface area contributed by atoms with Crippen molar-refractivity contribution in [3.8, 4) is 0 Å². The number of quaternary nitrogens is 1. The van der Waals surface area contributed by atoms with E-state index < -0.39 is 0 Å². The van der Waals surface area contributed by atoms with Crippen LogP contribution < -0.4 is 10.6 Å². The lowest BCUT2D eigenvalue weighted by Gasteiger charge is -2.17. The summed E-state index contributed by atoms with van der Waals surface area (Å²) in [6, 6.07) is 21.2. The number of amides is 1. The number of carbonyl (C=O) groups excluding carboxylic acids is 1. The molecule has 3 aromatic rings. The van der Waals surface area contributed by atoms with Gasteiger partial charge in [-0.2, -0.15) is 0 Å². The Morgan fingerprint density at radius 3 is 2.54 bits per heavy atom. The van der Waals surface area contributed by atoms with Crippen molar-refractivity contribution in [2.24, 2.45) is 0 Å². The Balaban J connectivity index is 1.63. The second kappa shape index (κ2) is 8.70. The normalized spacial score (nSPS) is 13.2. The summed E-state index contributed by atoms with van der Waals surface area (Å²) < 4.78 is 5.57. The molecule has 0 radical (unpaired) electrons. The Kier molecular flexibility index (Phi) is 6.10. The lowest BCUT2D eigenvalue weighted by Crippen LogP contribution is -2.87. The zero-order valence-corrected chi connectivity index (χ0v) is 15.3. The number of nitrogens with one attached hydrogen (secondary N) is 1. The largest absolute Gasteiger partial charge is 0.463 e. The minimum absolute atomic E-state index is 0.0371. The van der Waals surface area contributed by atoms with Gasteiger partial charge in [-0.3, -0.25) is 4.79 Å². The predicted molar refractivity (Wildman–Crippen MR) is 102 cm³/mol. The van der Waals surface area contributed by atoms with E-state index in [4.69, 9.17) is 16.0 Å². The first kappa shape index (κ1) is 18.2. The minimum Gasteiger partial charge on any atom is -0.463 e. The molecule has 3 rings (SSSR count). The van der Waals surface area contributed by atoms with Crippen LogP contribution in [0.4, 0.5) is 0 Å². The molecule has 0 unspecified atom stereocenters. The van der Waals surface area contributed by atoms with Gasteiger partial charge in [0.05, 0.1) is 12.3 Å². The van der Waals surface area contributed by atoms with Gasteiger partial charge in [0, 0.05) is 10.6 Å². The third kappa shape index (κ3) is 4.75. The van der Waals surface area contributed by atoms with Crippen molar-refractivity contribution in [3.05, 3.63) is 94.9 Å². The fourth-order valence-corrected chi connectivity index (χ4v) is 3.13. The molecule has 0 saturated carbocycles. The molecule has 0 bridgehead atoms. The third-order valence-corrected chi connectivity index (χ3v) is 4.51. The molecule has 5 heteroatoms. The van der Waals surface area contributed by atoms with Crippen molar-refractivity contribution < 1.29 is 14.5 Å². The highest BCUT2D eigenvalue weighted by Crippen LogP contribution is 2.19. The van der Waals surface area contributed by atoms with Crippen LogP contribution in [-0.2, 0) is 4.79 Å². The number of benzene rings is 2. The highest BCUT2D eigenvalue weighted by molar-refractivity contribution is 6.30. The summed E-state index contributed by atoms with van der Waals surface area (Å²) >= 11 is 6.02. The van der Waals surface area contributed by atoms with E-state index in [2.05, 4.69) is 5.32 Å². The number of nitrogens with two attached hydrogens (primary N) is 1. The molecule has 26 heavy (non-hydrogen) atoms. The summed E-state index contributed by atoms with van der Waals surface area (Å²) in [5.41, 5.74) is 2.08.